The van der Waals surface area contributed by atoms with E-state index in [4.69, 9.17) is 14.2 Å². The molecule has 0 aromatic heterocycles. The first-order valence-corrected chi connectivity index (χ1v) is 9.55. The smallest absolute Gasteiger partial charge is 0.296 e. The number of anilines is 1. The summed E-state index contributed by atoms with van der Waals surface area (Å²) in [7, 11) is 1.42. The predicted octanol–water partition coefficient (Wildman–Crippen LogP) is 3.88. The molecule has 9 heteroatoms. The van der Waals surface area contributed by atoms with Crippen LogP contribution in [0.15, 0.2) is 41.3 Å². The van der Waals surface area contributed by atoms with Gasteiger partial charge in [-0.1, -0.05) is 0 Å². The van der Waals surface area contributed by atoms with E-state index in [0.717, 1.165) is 11.3 Å². The van der Waals surface area contributed by atoms with Crippen molar-refractivity contribution in [1.29, 1.82) is 0 Å². The normalized spacial score (nSPS) is 13.9. The number of carbonyl (C=O) groups excluding carboxylic acids is 1. The van der Waals surface area contributed by atoms with Crippen LogP contribution in [-0.4, -0.2) is 36.4 Å². The lowest BCUT2D eigenvalue weighted by atomic mass is 10.2. The number of rotatable bonds is 6. The second kappa shape index (κ2) is 8.83. The van der Waals surface area contributed by atoms with Gasteiger partial charge in [-0.25, -0.2) is 0 Å². The number of hydrogen-bond acceptors (Lipinski definition) is 7. The topological polar surface area (TPSA) is 99.9 Å². The van der Waals surface area contributed by atoms with E-state index in [9.17, 15) is 14.9 Å². The van der Waals surface area contributed by atoms with Crippen molar-refractivity contribution in [3.63, 3.8) is 0 Å². The fourth-order valence-electron chi connectivity index (χ4n) is 2.60. The molecule has 28 heavy (non-hydrogen) atoms. The maximum absolute atomic E-state index is 12.5. The van der Waals surface area contributed by atoms with Crippen LogP contribution in [0.5, 0.6) is 17.2 Å². The second-order valence-electron chi connectivity index (χ2n) is 6.05. The zero-order valence-electron chi connectivity index (χ0n) is 15.5. The number of nitrogens with one attached hydrogen (secondary N) is 1. The van der Waals surface area contributed by atoms with Gasteiger partial charge in [0.1, 0.15) is 11.4 Å². The number of carbonyl (C=O) groups is 1. The van der Waals surface area contributed by atoms with Crippen LogP contribution >= 0.6 is 11.8 Å². The molecule has 0 unspecified atom stereocenters. The first-order chi connectivity index (χ1) is 13.5. The van der Waals surface area contributed by atoms with Crippen LogP contribution in [0.1, 0.15) is 13.3 Å². The summed E-state index contributed by atoms with van der Waals surface area (Å²) >= 11 is 1.33. The first kappa shape index (κ1) is 19.8. The van der Waals surface area contributed by atoms with E-state index >= 15 is 0 Å². The molecule has 0 fully saturated rings. The van der Waals surface area contributed by atoms with Crippen molar-refractivity contribution in [1.82, 2.24) is 0 Å². The average molecular weight is 404 g/mol. The molecule has 1 aliphatic heterocycles. The van der Waals surface area contributed by atoms with Gasteiger partial charge in [0.05, 0.1) is 36.6 Å². The van der Waals surface area contributed by atoms with Gasteiger partial charge in [-0.05, 0) is 37.3 Å². The number of methoxy groups -OCH3 is 1. The van der Waals surface area contributed by atoms with Gasteiger partial charge in [0.15, 0.2) is 11.5 Å². The Morgan fingerprint density at radius 3 is 2.68 bits per heavy atom. The fourth-order valence-corrected chi connectivity index (χ4v) is 3.50. The van der Waals surface area contributed by atoms with E-state index < -0.39 is 10.2 Å². The number of thioether (sulfide) groups is 1. The largest absolute Gasteiger partial charge is 0.496 e. The van der Waals surface area contributed by atoms with Crippen LogP contribution in [-0.2, 0) is 4.79 Å². The minimum Gasteiger partial charge on any atom is -0.496 e. The van der Waals surface area contributed by atoms with Gasteiger partial charge in [0.25, 0.3) is 5.69 Å². The summed E-state index contributed by atoms with van der Waals surface area (Å²) in [6.45, 7) is 2.93. The molecule has 0 radical (unpaired) electrons. The quantitative estimate of drug-likeness (QED) is 0.443. The van der Waals surface area contributed by atoms with Crippen LogP contribution in [0.4, 0.5) is 11.4 Å². The molecule has 0 bridgehead atoms. The van der Waals surface area contributed by atoms with Gasteiger partial charge in [-0.3, -0.25) is 14.9 Å². The number of amides is 1. The molecular weight excluding hydrogens is 384 g/mol. The molecule has 1 atom stereocenters. The summed E-state index contributed by atoms with van der Waals surface area (Å²) in [5.41, 5.74) is -0.0950. The molecule has 0 spiro atoms. The van der Waals surface area contributed by atoms with Crippen LogP contribution < -0.4 is 19.5 Å². The molecule has 148 valence electrons. The van der Waals surface area contributed by atoms with Crippen molar-refractivity contribution in [2.24, 2.45) is 0 Å². The Labute approximate surface area is 166 Å². The number of nitro groups is 1. The Morgan fingerprint density at radius 2 is 1.96 bits per heavy atom. The van der Waals surface area contributed by atoms with Crippen molar-refractivity contribution in [3.05, 3.63) is 46.5 Å². The van der Waals surface area contributed by atoms with E-state index in [2.05, 4.69) is 5.32 Å². The highest BCUT2D eigenvalue weighted by Gasteiger charge is 2.21. The minimum atomic E-state index is -0.556. The summed E-state index contributed by atoms with van der Waals surface area (Å²) < 4.78 is 16.3. The Morgan fingerprint density at radius 1 is 1.21 bits per heavy atom. The minimum absolute atomic E-state index is 0.127. The van der Waals surface area contributed by atoms with Gasteiger partial charge < -0.3 is 19.5 Å². The molecule has 0 saturated carbocycles. The number of hydrogen-bond donors (Lipinski definition) is 1. The maximum Gasteiger partial charge on any atom is 0.296 e. The van der Waals surface area contributed by atoms with Crippen molar-refractivity contribution in [3.8, 4) is 17.2 Å². The van der Waals surface area contributed by atoms with Crippen LogP contribution in [0.25, 0.3) is 0 Å². The zero-order chi connectivity index (χ0) is 20.1. The number of nitro benzene ring substituents is 1. The molecule has 1 amide bonds. The summed E-state index contributed by atoms with van der Waals surface area (Å²) in [6, 6.07) is 9.81. The Hall–Kier alpha value is -2.94. The Kier molecular flexibility index (Phi) is 6.25. The third-order valence-corrected chi connectivity index (χ3v) is 5.15. The van der Waals surface area contributed by atoms with Crippen LogP contribution in [0.2, 0.25) is 0 Å². The van der Waals surface area contributed by atoms with Crippen molar-refractivity contribution < 1.29 is 23.9 Å². The SMILES string of the molecule is COc1ccc(NC(=O)[C@@H](C)Sc2ccc3c(c2)OCCCO3)c([N+](=O)[O-])c1. The molecule has 8 nitrogen and oxygen atoms in total. The highest BCUT2D eigenvalue weighted by Crippen LogP contribution is 2.36. The van der Waals surface area contributed by atoms with E-state index in [-0.39, 0.29) is 17.3 Å². The second-order valence-corrected chi connectivity index (χ2v) is 7.46. The lowest BCUT2D eigenvalue weighted by molar-refractivity contribution is -0.384. The molecule has 1 heterocycles. The van der Waals surface area contributed by atoms with Gasteiger partial charge in [-0.15, -0.1) is 11.8 Å². The van der Waals surface area contributed by atoms with Crippen LogP contribution in [0, 0.1) is 10.1 Å². The monoisotopic (exact) mass is 404 g/mol. The average Bonchev–Trinajstić information content (AvgIpc) is 2.93. The first-order valence-electron chi connectivity index (χ1n) is 8.67. The van der Waals surface area contributed by atoms with Crippen molar-refractivity contribution >= 4 is 29.0 Å². The number of ether oxygens (including phenoxy) is 3. The van der Waals surface area contributed by atoms with E-state index in [0.29, 0.717) is 30.5 Å². The fraction of sp³-hybridized carbons (Fsp3) is 0.316. The Bertz CT molecular complexity index is 889. The van der Waals surface area contributed by atoms with Gasteiger partial charge >= 0.3 is 0 Å². The molecule has 0 saturated heterocycles. The van der Waals surface area contributed by atoms with Crippen LogP contribution in [0.3, 0.4) is 0 Å². The molecule has 1 aliphatic rings. The lowest BCUT2D eigenvalue weighted by Gasteiger charge is -2.14. The molecular formula is C19H20N2O6S. The van der Waals surface area contributed by atoms with E-state index in [1.165, 1.54) is 31.0 Å². The number of nitrogens with zero attached hydrogens (tertiary/aromatic N) is 1. The van der Waals surface area contributed by atoms with E-state index in [1.807, 2.05) is 18.2 Å². The standard InChI is InChI=1S/C19H20N2O6S/c1-12(28-14-5-7-17-18(11-14)27-9-3-8-26-17)19(22)20-15-6-4-13(25-2)10-16(15)21(23)24/h4-7,10-12H,3,8-9H2,1-2H3,(H,20,22)/t12-/m1/s1. The molecule has 1 N–H and O–H groups in total. The number of benzene rings is 2. The molecule has 2 aromatic carbocycles. The van der Waals surface area contributed by atoms with Crippen molar-refractivity contribution in [2.75, 3.05) is 25.6 Å². The third kappa shape index (κ3) is 4.66. The van der Waals surface area contributed by atoms with E-state index in [1.54, 1.807) is 13.0 Å². The highest BCUT2D eigenvalue weighted by molar-refractivity contribution is 8.00. The summed E-state index contributed by atoms with van der Waals surface area (Å²) in [5.74, 6) is 1.35. The highest BCUT2D eigenvalue weighted by atomic mass is 32.2. The number of fused-ring (bicyclic) bond motifs is 1. The molecule has 0 aliphatic carbocycles. The summed E-state index contributed by atoms with van der Waals surface area (Å²) in [4.78, 5) is 24.1. The lowest BCUT2D eigenvalue weighted by Crippen LogP contribution is -2.22. The van der Waals surface area contributed by atoms with Crippen molar-refractivity contribution in [2.45, 2.75) is 23.5 Å². The van der Waals surface area contributed by atoms with Gasteiger partial charge in [0, 0.05) is 11.3 Å². The summed E-state index contributed by atoms with van der Waals surface area (Å²) in [5, 5.41) is 13.4. The molecule has 2 aromatic rings. The zero-order valence-corrected chi connectivity index (χ0v) is 16.3. The van der Waals surface area contributed by atoms with Gasteiger partial charge in [0.2, 0.25) is 5.91 Å². The summed E-state index contributed by atoms with van der Waals surface area (Å²) in [6.07, 6.45) is 0.816. The third-order valence-electron chi connectivity index (χ3n) is 4.06. The predicted molar refractivity (Wildman–Crippen MR) is 106 cm³/mol. The Balaban J connectivity index is 1.70. The van der Waals surface area contributed by atoms with Gasteiger partial charge in [-0.2, -0.15) is 0 Å². The maximum atomic E-state index is 12.5. The molecule has 3 rings (SSSR count).